The van der Waals surface area contributed by atoms with Gasteiger partial charge in [-0.05, 0) is 54.6 Å². The molecule has 0 heterocycles. The number of alkyl halides is 3. The molecular weight excluding hydrogens is 447 g/mol. The summed E-state index contributed by atoms with van der Waals surface area (Å²) in [6.07, 6.45) is -4.62. The number of anilines is 2. The minimum atomic E-state index is -4.62. The molecule has 11 heteroatoms. The molecule has 7 nitrogen and oxygen atoms in total. The first-order valence-electron chi connectivity index (χ1n) is 8.98. The van der Waals surface area contributed by atoms with Crippen molar-refractivity contribution in [1.29, 1.82) is 0 Å². The Balaban J connectivity index is 1.78. The van der Waals surface area contributed by atoms with Crippen LogP contribution >= 0.6 is 0 Å². The molecule has 0 saturated carbocycles. The molecule has 0 fully saturated rings. The van der Waals surface area contributed by atoms with Gasteiger partial charge in [0.2, 0.25) is 0 Å². The van der Waals surface area contributed by atoms with E-state index in [1.165, 1.54) is 30.3 Å². The van der Waals surface area contributed by atoms with Gasteiger partial charge in [0.05, 0.1) is 21.7 Å². The van der Waals surface area contributed by atoms with Crippen molar-refractivity contribution in [3.8, 4) is 0 Å². The number of benzene rings is 3. The number of amides is 2. The zero-order valence-electron chi connectivity index (χ0n) is 16.2. The SMILES string of the molecule is NC(=O)c1ccccc1NC(=O)c1ccc(S(=O)(=O)Nc2cccc(C(F)(F)F)c2)cc1. The largest absolute Gasteiger partial charge is 0.416 e. The van der Waals surface area contributed by atoms with E-state index in [0.717, 1.165) is 24.3 Å². The fourth-order valence-corrected chi connectivity index (χ4v) is 3.81. The molecule has 3 rings (SSSR count). The van der Waals surface area contributed by atoms with Crippen molar-refractivity contribution >= 4 is 33.2 Å². The predicted octanol–water partition coefficient (Wildman–Crippen LogP) is 3.86. The average molecular weight is 463 g/mol. The number of primary amides is 1. The van der Waals surface area contributed by atoms with Crippen LogP contribution in [0.15, 0.2) is 77.7 Å². The molecule has 0 unspecified atom stereocenters. The first-order valence-corrected chi connectivity index (χ1v) is 10.5. The van der Waals surface area contributed by atoms with E-state index in [-0.39, 0.29) is 27.4 Å². The van der Waals surface area contributed by atoms with Crippen LogP contribution in [-0.2, 0) is 16.2 Å². The number of nitrogens with two attached hydrogens (primary N) is 1. The van der Waals surface area contributed by atoms with E-state index in [0.29, 0.717) is 6.07 Å². The Hall–Kier alpha value is -3.86. The summed E-state index contributed by atoms with van der Waals surface area (Å²) in [6, 6.07) is 14.6. The van der Waals surface area contributed by atoms with Crippen LogP contribution in [0.25, 0.3) is 0 Å². The molecule has 3 aromatic carbocycles. The monoisotopic (exact) mass is 463 g/mol. The van der Waals surface area contributed by atoms with Crippen molar-refractivity contribution in [3.63, 3.8) is 0 Å². The molecule has 0 aliphatic rings. The normalized spacial score (nSPS) is 11.6. The molecule has 0 radical (unpaired) electrons. The lowest BCUT2D eigenvalue weighted by Gasteiger charge is -2.12. The maximum atomic E-state index is 12.8. The second-order valence-corrected chi connectivity index (χ2v) is 8.25. The van der Waals surface area contributed by atoms with Gasteiger partial charge in [0, 0.05) is 11.3 Å². The van der Waals surface area contributed by atoms with Crippen molar-refractivity contribution < 1.29 is 31.2 Å². The van der Waals surface area contributed by atoms with Crippen molar-refractivity contribution in [3.05, 3.63) is 89.5 Å². The summed E-state index contributed by atoms with van der Waals surface area (Å²) in [5.74, 6) is -1.35. The minimum Gasteiger partial charge on any atom is -0.366 e. The highest BCUT2D eigenvalue weighted by atomic mass is 32.2. The van der Waals surface area contributed by atoms with Gasteiger partial charge in [0.15, 0.2) is 0 Å². The fourth-order valence-electron chi connectivity index (χ4n) is 2.76. The molecule has 4 N–H and O–H groups in total. The number of sulfonamides is 1. The molecule has 32 heavy (non-hydrogen) atoms. The number of carbonyl (C=O) groups is 2. The van der Waals surface area contributed by atoms with Crippen molar-refractivity contribution in [2.24, 2.45) is 5.73 Å². The van der Waals surface area contributed by atoms with Crippen molar-refractivity contribution in [2.45, 2.75) is 11.1 Å². The van der Waals surface area contributed by atoms with Gasteiger partial charge in [-0.15, -0.1) is 0 Å². The van der Waals surface area contributed by atoms with Crippen LogP contribution in [0.2, 0.25) is 0 Å². The third-order valence-corrected chi connectivity index (χ3v) is 5.71. The number of para-hydroxylation sites is 1. The van der Waals surface area contributed by atoms with Crippen LogP contribution in [0, 0.1) is 0 Å². The lowest BCUT2D eigenvalue weighted by atomic mass is 10.1. The molecule has 2 amide bonds. The van der Waals surface area contributed by atoms with E-state index in [9.17, 15) is 31.2 Å². The molecule has 0 spiro atoms. The molecule has 3 aromatic rings. The number of nitrogens with one attached hydrogen (secondary N) is 2. The number of rotatable bonds is 6. The fraction of sp³-hybridized carbons (Fsp3) is 0.0476. The molecule has 0 atom stereocenters. The van der Waals surface area contributed by atoms with E-state index in [2.05, 4.69) is 10.0 Å². The van der Waals surface area contributed by atoms with E-state index in [1.54, 1.807) is 12.1 Å². The topological polar surface area (TPSA) is 118 Å². The second-order valence-electron chi connectivity index (χ2n) is 6.57. The van der Waals surface area contributed by atoms with Gasteiger partial charge in [-0.2, -0.15) is 13.2 Å². The molecular formula is C21H16F3N3O4S. The lowest BCUT2D eigenvalue weighted by molar-refractivity contribution is -0.137. The number of hydrogen-bond donors (Lipinski definition) is 3. The molecule has 0 saturated heterocycles. The summed E-state index contributed by atoms with van der Waals surface area (Å²) in [7, 11) is -4.21. The standard InChI is InChI=1S/C21H16F3N3O4S/c22-21(23,24)14-4-3-5-15(12-14)27-32(30,31)16-10-8-13(9-11-16)20(29)26-18-7-2-1-6-17(18)19(25)28/h1-12,27H,(H2,25,28)(H,26,29). The third kappa shape index (κ3) is 5.24. The van der Waals surface area contributed by atoms with Gasteiger partial charge >= 0.3 is 6.18 Å². The summed E-state index contributed by atoms with van der Waals surface area (Å²) >= 11 is 0. The molecule has 0 aromatic heterocycles. The second kappa shape index (κ2) is 8.71. The first kappa shape index (κ1) is 22.8. The zero-order chi connectivity index (χ0) is 23.5. The molecule has 166 valence electrons. The van der Waals surface area contributed by atoms with Gasteiger partial charge < -0.3 is 11.1 Å². The smallest absolute Gasteiger partial charge is 0.366 e. The van der Waals surface area contributed by atoms with E-state index < -0.39 is 33.6 Å². The van der Waals surface area contributed by atoms with Crippen LogP contribution < -0.4 is 15.8 Å². The van der Waals surface area contributed by atoms with Crippen molar-refractivity contribution in [1.82, 2.24) is 0 Å². The highest BCUT2D eigenvalue weighted by Crippen LogP contribution is 2.31. The van der Waals surface area contributed by atoms with E-state index in [1.807, 2.05) is 0 Å². The third-order valence-electron chi connectivity index (χ3n) is 4.31. The Morgan fingerprint density at radius 1 is 0.875 bits per heavy atom. The minimum absolute atomic E-state index is 0.0855. The Morgan fingerprint density at radius 2 is 1.53 bits per heavy atom. The van der Waals surface area contributed by atoms with Crippen LogP contribution in [0.4, 0.5) is 24.5 Å². The van der Waals surface area contributed by atoms with Gasteiger partial charge in [0.1, 0.15) is 0 Å². The highest BCUT2D eigenvalue weighted by Gasteiger charge is 2.30. The molecule has 0 aliphatic heterocycles. The summed E-state index contributed by atoms with van der Waals surface area (Å²) in [6.45, 7) is 0. The predicted molar refractivity (Wildman–Crippen MR) is 112 cm³/mol. The van der Waals surface area contributed by atoms with Crippen LogP contribution in [0.3, 0.4) is 0 Å². The number of halogens is 3. The Bertz CT molecular complexity index is 1270. The van der Waals surface area contributed by atoms with Crippen molar-refractivity contribution in [2.75, 3.05) is 10.0 Å². The quantitative estimate of drug-likeness (QED) is 0.514. The Morgan fingerprint density at radius 3 is 2.16 bits per heavy atom. The first-order chi connectivity index (χ1) is 15.0. The van der Waals surface area contributed by atoms with Gasteiger partial charge in [-0.3, -0.25) is 14.3 Å². The highest BCUT2D eigenvalue weighted by molar-refractivity contribution is 7.92. The van der Waals surface area contributed by atoms with E-state index >= 15 is 0 Å². The van der Waals surface area contributed by atoms with Gasteiger partial charge in [0.25, 0.3) is 21.8 Å². The summed E-state index contributed by atoms with van der Waals surface area (Å²) in [5.41, 5.74) is 4.38. The maximum Gasteiger partial charge on any atom is 0.416 e. The Kier molecular flexibility index (Phi) is 6.21. The summed E-state index contributed by atoms with van der Waals surface area (Å²) < 4.78 is 65.6. The summed E-state index contributed by atoms with van der Waals surface area (Å²) in [5, 5.41) is 2.52. The Labute approximate surface area is 181 Å². The number of carbonyl (C=O) groups excluding carboxylic acids is 2. The zero-order valence-corrected chi connectivity index (χ0v) is 17.0. The van der Waals surface area contributed by atoms with E-state index in [4.69, 9.17) is 5.73 Å². The van der Waals surface area contributed by atoms with Crippen LogP contribution in [0.5, 0.6) is 0 Å². The lowest BCUT2D eigenvalue weighted by Crippen LogP contribution is -2.18. The van der Waals surface area contributed by atoms with Crippen LogP contribution in [-0.4, -0.2) is 20.2 Å². The maximum absolute atomic E-state index is 12.8. The van der Waals surface area contributed by atoms with Crippen LogP contribution in [0.1, 0.15) is 26.3 Å². The molecule has 0 bridgehead atoms. The average Bonchev–Trinajstić information content (AvgIpc) is 2.73. The summed E-state index contributed by atoms with van der Waals surface area (Å²) in [4.78, 5) is 23.6. The van der Waals surface area contributed by atoms with Gasteiger partial charge in [-0.25, -0.2) is 8.42 Å². The molecule has 0 aliphatic carbocycles. The van der Waals surface area contributed by atoms with Gasteiger partial charge in [-0.1, -0.05) is 18.2 Å². The number of hydrogen-bond acceptors (Lipinski definition) is 4.